The lowest BCUT2D eigenvalue weighted by Crippen LogP contribution is -2.35. The van der Waals surface area contributed by atoms with Crippen LogP contribution in [0.3, 0.4) is 0 Å². The van der Waals surface area contributed by atoms with Gasteiger partial charge in [0, 0.05) is 6.54 Å². The molecule has 8 heteroatoms. The normalized spacial score (nSPS) is 22.0. The Morgan fingerprint density at radius 1 is 1.39 bits per heavy atom. The molecule has 1 unspecified atom stereocenters. The van der Waals surface area contributed by atoms with Crippen molar-refractivity contribution in [2.24, 2.45) is 26.6 Å². The third kappa shape index (κ3) is 6.91. The molecule has 0 bridgehead atoms. The van der Waals surface area contributed by atoms with Gasteiger partial charge in [-0.1, -0.05) is 26.3 Å². The molecule has 2 aliphatic rings. The summed E-state index contributed by atoms with van der Waals surface area (Å²) in [5, 5.41) is 3.48. The molecule has 0 aromatic carbocycles. The van der Waals surface area contributed by atoms with E-state index in [1.807, 2.05) is 4.90 Å². The SMILES string of the molecule is C=C1N=C(OC)N(CCCCC2CCCNC2)C1=NC(=NCN)OCCCC. The average molecular weight is 393 g/mol. The largest absolute Gasteiger partial charge is 0.468 e. The van der Waals surface area contributed by atoms with Crippen molar-refractivity contribution in [3.63, 3.8) is 0 Å². The molecule has 0 amide bonds. The second kappa shape index (κ2) is 12.5. The minimum absolute atomic E-state index is 0.123. The van der Waals surface area contributed by atoms with Crippen LogP contribution in [0.15, 0.2) is 27.3 Å². The second-order valence-corrected chi connectivity index (χ2v) is 7.17. The van der Waals surface area contributed by atoms with Crippen molar-refractivity contribution in [2.45, 2.75) is 51.9 Å². The molecule has 1 atom stereocenters. The summed E-state index contributed by atoms with van der Waals surface area (Å²) in [4.78, 5) is 15.1. The van der Waals surface area contributed by atoms with Crippen molar-refractivity contribution in [3.05, 3.63) is 12.3 Å². The minimum atomic E-state index is 0.123. The van der Waals surface area contributed by atoms with E-state index in [1.165, 1.54) is 19.3 Å². The molecule has 28 heavy (non-hydrogen) atoms. The fraction of sp³-hybridized carbons (Fsp3) is 0.750. The van der Waals surface area contributed by atoms with Gasteiger partial charge in [-0.15, -0.1) is 0 Å². The van der Waals surface area contributed by atoms with Crippen LogP contribution in [0.5, 0.6) is 0 Å². The Hall–Kier alpha value is -1.93. The van der Waals surface area contributed by atoms with E-state index in [1.54, 1.807) is 7.11 Å². The fourth-order valence-electron chi connectivity index (χ4n) is 3.42. The molecule has 0 aromatic heterocycles. The van der Waals surface area contributed by atoms with Crippen LogP contribution in [-0.2, 0) is 9.47 Å². The van der Waals surface area contributed by atoms with Crippen LogP contribution in [-0.4, -0.2) is 62.8 Å². The molecule has 2 aliphatic heterocycles. The Morgan fingerprint density at radius 3 is 2.93 bits per heavy atom. The molecule has 0 saturated carbocycles. The van der Waals surface area contributed by atoms with Gasteiger partial charge in [-0.3, -0.25) is 4.90 Å². The number of nitrogens with one attached hydrogen (secondary N) is 1. The van der Waals surface area contributed by atoms with Crippen LogP contribution in [0.4, 0.5) is 0 Å². The number of hydrogen-bond acceptors (Lipinski definition) is 6. The lowest BCUT2D eigenvalue weighted by atomic mass is 9.94. The van der Waals surface area contributed by atoms with E-state index >= 15 is 0 Å². The zero-order chi connectivity index (χ0) is 20.2. The quantitative estimate of drug-likeness (QED) is 0.357. The molecule has 2 heterocycles. The van der Waals surface area contributed by atoms with Crippen molar-refractivity contribution < 1.29 is 9.47 Å². The standard InChI is InChI=1S/C20H36N6O2/c1-4-5-13-28-19(23-15-21)25-18-16(2)24-20(27-3)26(18)12-7-6-9-17-10-8-11-22-14-17/h17,22H,2,4-15,21H2,1,3H3. The monoisotopic (exact) mass is 392 g/mol. The number of hydrogen-bond donors (Lipinski definition) is 2. The van der Waals surface area contributed by atoms with Gasteiger partial charge in [0.1, 0.15) is 5.70 Å². The summed E-state index contributed by atoms with van der Waals surface area (Å²) in [6, 6.07) is 0.793. The molecule has 1 saturated heterocycles. The molecule has 8 nitrogen and oxygen atoms in total. The predicted molar refractivity (Wildman–Crippen MR) is 115 cm³/mol. The Bertz CT molecular complexity index is 581. The fourth-order valence-corrected chi connectivity index (χ4v) is 3.42. The van der Waals surface area contributed by atoms with Crippen molar-refractivity contribution in [3.8, 4) is 0 Å². The van der Waals surface area contributed by atoms with E-state index < -0.39 is 0 Å². The number of nitrogens with zero attached hydrogens (tertiary/aromatic N) is 4. The zero-order valence-electron chi connectivity index (χ0n) is 17.5. The first-order chi connectivity index (χ1) is 13.7. The highest BCUT2D eigenvalue weighted by Crippen LogP contribution is 2.20. The van der Waals surface area contributed by atoms with E-state index in [2.05, 4.69) is 33.8 Å². The summed E-state index contributed by atoms with van der Waals surface area (Å²) in [5.41, 5.74) is 6.12. The van der Waals surface area contributed by atoms with Crippen LogP contribution in [0.2, 0.25) is 0 Å². The number of rotatable bonds is 9. The van der Waals surface area contributed by atoms with Crippen LogP contribution in [0.25, 0.3) is 0 Å². The summed E-state index contributed by atoms with van der Waals surface area (Å²) < 4.78 is 11.1. The lowest BCUT2D eigenvalue weighted by molar-refractivity contribution is 0.290. The molecule has 158 valence electrons. The van der Waals surface area contributed by atoms with Gasteiger partial charge in [0.25, 0.3) is 6.02 Å². The van der Waals surface area contributed by atoms with E-state index in [0.29, 0.717) is 24.2 Å². The van der Waals surface area contributed by atoms with Crippen LogP contribution in [0, 0.1) is 5.92 Å². The maximum atomic E-state index is 5.67. The van der Waals surface area contributed by atoms with Crippen molar-refractivity contribution in [1.82, 2.24) is 10.2 Å². The van der Waals surface area contributed by atoms with Gasteiger partial charge in [0.15, 0.2) is 5.84 Å². The van der Waals surface area contributed by atoms with Crippen molar-refractivity contribution >= 4 is 17.9 Å². The van der Waals surface area contributed by atoms with Gasteiger partial charge in [-0.05, 0) is 51.1 Å². The Morgan fingerprint density at radius 2 is 2.25 bits per heavy atom. The van der Waals surface area contributed by atoms with Gasteiger partial charge in [0.2, 0.25) is 0 Å². The smallest absolute Gasteiger partial charge is 0.315 e. The van der Waals surface area contributed by atoms with E-state index in [9.17, 15) is 0 Å². The summed E-state index contributed by atoms with van der Waals surface area (Å²) in [7, 11) is 1.61. The molecule has 0 spiro atoms. The zero-order valence-corrected chi connectivity index (χ0v) is 17.5. The Labute approximate surface area is 169 Å². The number of piperidine rings is 1. The second-order valence-electron chi connectivity index (χ2n) is 7.17. The molecule has 0 aromatic rings. The summed E-state index contributed by atoms with van der Waals surface area (Å²) in [6.07, 6.45) is 8.04. The summed E-state index contributed by atoms with van der Waals surface area (Å²) in [6.45, 7) is 9.88. The molecule has 1 fully saturated rings. The third-order valence-corrected chi connectivity index (χ3v) is 4.96. The molecular formula is C20H36N6O2. The van der Waals surface area contributed by atoms with Crippen molar-refractivity contribution in [2.75, 3.05) is 40.0 Å². The molecule has 0 aliphatic carbocycles. The minimum Gasteiger partial charge on any atom is -0.468 e. The van der Waals surface area contributed by atoms with Gasteiger partial charge in [-0.25, -0.2) is 4.99 Å². The number of amidine groups is 3. The maximum absolute atomic E-state index is 5.67. The first-order valence-electron chi connectivity index (χ1n) is 10.5. The van der Waals surface area contributed by atoms with Gasteiger partial charge in [0.05, 0.1) is 20.4 Å². The predicted octanol–water partition coefficient (Wildman–Crippen LogP) is 2.48. The number of aliphatic imine (C=N–C) groups is 3. The van der Waals surface area contributed by atoms with Gasteiger partial charge < -0.3 is 20.5 Å². The molecular weight excluding hydrogens is 356 g/mol. The topological polar surface area (TPSA) is 96.8 Å². The van der Waals surface area contributed by atoms with Gasteiger partial charge >= 0.3 is 6.02 Å². The average Bonchev–Trinajstić information content (AvgIpc) is 3.01. The first-order valence-corrected chi connectivity index (χ1v) is 10.5. The number of unbranched alkanes of at least 4 members (excludes halogenated alkanes) is 2. The Balaban J connectivity index is 1.95. The number of methoxy groups -OCH3 is 1. The van der Waals surface area contributed by atoms with E-state index in [4.69, 9.17) is 15.2 Å². The highest BCUT2D eigenvalue weighted by molar-refractivity contribution is 6.15. The summed E-state index contributed by atoms with van der Waals surface area (Å²) in [5.74, 6) is 1.42. The maximum Gasteiger partial charge on any atom is 0.315 e. The highest BCUT2D eigenvalue weighted by Gasteiger charge is 2.28. The molecule has 0 radical (unpaired) electrons. The van der Waals surface area contributed by atoms with Gasteiger partial charge in [-0.2, -0.15) is 9.98 Å². The lowest BCUT2D eigenvalue weighted by Gasteiger charge is -2.23. The van der Waals surface area contributed by atoms with E-state index in [-0.39, 0.29) is 12.7 Å². The third-order valence-electron chi connectivity index (χ3n) is 4.96. The molecule has 3 N–H and O–H groups in total. The Kier molecular flexibility index (Phi) is 9.99. The van der Waals surface area contributed by atoms with Crippen molar-refractivity contribution in [1.29, 1.82) is 0 Å². The molecule has 2 rings (SSSR count). The van der Waals surface area contributed by atoms with Crippen LogP contribution in [0.1, 0.15) is 51.9 Å². The number of nitrogens with two attached hydrogens (primary N) is 1. The highest BCUT2D eigenvalue weighted by atomic mass is 16.5. The first kappa shape index (κ1) is 22.4. The number of ether oxygens (including phenoxy) is 2. The summed E-state index contributed by atoms with van der Waals surface area (Å²) >= 11 is 0. The van der Waals surface area contributed by atoms with E-state index in [0.717, 1.165) is 51.2 Å². The van der Waals surface area contributed by atoms with Crippen LogP contribution < -0.4 is 11.1 Å². The van der Waals surface area contributed by atoms with Crippen LogP contribution >= 0.6 is 0 Å².